The number of thioether (sulfide) groups is 1. The highest BCUT2D eigenvalue weighted by Crippen LogP contribution is 2.33. The Hall–Kier alpha value is -2.37. The number of halogens is 2. The lowest BCUT2D eigenvalue weighted by molar-refractivity contribution is -0.122. The molecule has 2 saturated heterocycles. The summed E-state index contributed by atoms with van der Waals surface area (Å²) >= 11 is 13.2. The number of amides is 3. The molecule has 1 N–H and O–H groups in total. The molecule has 1 atom stereocenters. The van der Waals surface area contributed by atoms with Crippen LogP contribution in [0.4, 0.5) is 4.79 Å². The number of sulfonamides is 1. The van der Waals surface area contributed by atoms with Crippen LogP contribution in [0.15, 0.2) is 52.3 Å². The van der Waals surface area contributed by atoms with Crippen LogP contribution in [0.1, 0.15) is 35.7 Å². The molecule has 0 aromatic heterocycles. The van der Waals surface area contributed by atoms with E-state index in [2.05, 4.69) is 5.32 Å². The van der Waals surface area contributed by atoms with Crippen molar-refractivity contribution in [2.45, 2.75) is 24.7 Å². The molecular formula is C25H25Cl2N3O5S2. The number of piperidine rings is 1. The maximum absolute atomic E-state index is 13.2. The van der Waals surface area contributed by atoms with Gasteiger partial charge in [-0.05, 0) is 66.4 Å². The average Bonchev–Trinajstić information content (AvgIpc) is 3.12. The van der Waals surface area contributed by atoms with Crippen molar-refractivity contribution in [1.82, 2.24) is 14.5 Å². The zero-order chi connectivity index (χ0) is 26.7. The first kappa shape index (κ1) is 27.7. The van der Waals surface area contributed by atoms with E-state index in [-0.39, 0.29) is 39.4 Å². The lowest BCUT2D eigenvalue weighted by atomic mass is 10.0. The van der Waals surface area contributed by atoms with Crippen molar-refractivity contribution in [2.75, 3.05) is 26.2 Å². The summed E-state index contributed by atoms with van der Waals surface area (Å²) in [5, 5.41) is 2.69. The number of carbonyl (C=O) groups is 3. The lowest BCUT2D eigenvalue weighted by Crippen LogP contribution is -2.39. The van der Waals surface area contributed by atoms with Crippen molar-refractivity contribution in [3.63, 3.8) is 0 Å². The number of benzene rings is 2. The Morgan fingerprint density at radius 2 is 1.92 bits per heavy atom. The van der Waals surface area contributed by atoms with Crippen LogP contribution in [0.5, 0.6) is 0 Å². The third-order valence-corrected chi connectivity index (χ3v) is 9.72. The Labute approximate surface area is 230 Å². The minimum atomic E-state index is -3.86. The SMILES string of the molecule is C[C@@H]1CCCN(S(=O)(=O)c2cc(C(=O)NCCN3C(=O)S/C(=C\c4ccccc4Cl)C3=O)ccc2Cl)C1. The molecule has 0 spiro atoms. The number of hydrogen-bond acceptors (Lipinski definition) is 6. The highest BCUT2D eigenvalue weighted by Gasteiger charge is 2.35. The molecule has 0 unspecified atom stereocenters. The number of nitrogens with zero attached hydrogens (tertiary/aromatic N) is 2. The van der Waals surface area contributed by atoms with Crippen LogP contribution in [0.25, 0.3) is 6.08 Å². The number of imide groups is 1. The van der Waals surface area contributed by atoms with Crippen LogP contribution in [-0.2, 0) is 14.8 Å². The van der Waals surface area contributed by atoms with Crippen LogP contribution in [-0.4, -0.2) is 60.9 Å². The summed E-state index contributed by atoms with van der Waals surface area (Å²) in [4.78, 5) is 39.0. The zero-order valence-corrected chi connectivity index (χ0v) is 23.1. The quantitative estimate of drug-likeness (QED) is 0.467. The molecule has 3 amide bonds. The Bertz CT molecular complexity index is 1380. The van der Waals surface area contributed by atoms with E-state index in [4.69, 9.17) is 23.2 Å². The van der Waals surface area contributed by atoms with E-state index < -0.39 is 27.1 Å². The highest BCUT2D eigenvalue weighted by atomic mass is 35.5. The molecule has 196 valence electrons. The largest absolute Gasteiger partial charge is 0.350 e. The Balaban J connectivity index is 1.40. The molecule has 0 saturated carbocycles. The molecule has 0 bridgehead atoms. The van der Waals surface area contributed by atoms with Crippen molar-refractivity contribution < 1.29 is 22.8 Å². The molecule has 2 fully saturated rings. The van der Waals surface area contributed by atoms with Crippen molar-refractivity contribution in [2.24, 2.45) is 5.92 Å². The lowest BCUT2D eigenvalue weighted by Gasteiger charge is -2.30. The first-order valence-electron chi connectivity index (χ1n) is 11.7. The van der Waals surface area contributed by atoms with Crippen molar-refractivity contribution in [3.8, 4) is 0 Å². The van der Waals surface area contributed by atoms with Gasteiger partial charge in [-0.2, -0.15) is 4.31 Å². The molecule has 2 aliphatic heterocycles. The van der Waals surface area contributed by atoms with E-state index in [9.17, 15) is 22.8 Å². The second kappa shape index (κ2) is 11.6. The second-order valence-corrected chi connectivity index (χ2v) is 12.6. The third kappa shape index (κ3) is 6.21. The monoisotopic (exact) mass is 581 g/mol. The Morgan fingerprint density at radius 1 is 1.16 bits per heavy atom. The van der Waals surface area contributed by atoms with Crippen LogP contribution in [0, 0.1) is 5.92 Å². The maximum Gasteiger partial charge on any atom is 0.293 e. The highest BCUT2D eigenvalue weighted by molar-refractivity contribution is 8.18. The standard InChI is InChI=1S/C25H25Cl2N3O5S2/c1-16-5-4-11-29(15-16)37(34,35)22-14-18(8-9-20(22)27)23(31)28-10-12-30-24(32)21(36-25(30)33)13-17-6-2-3-7-19(17)26/h2-3,6-9,13-14,16H,4-5,10-12,15H2,1H3,(H,28,31)/b21-13-/t16-/m1/s1. The number of rotatable bonds is 7. The normalized spacial score (nSPS) is 20.0. The van der Waals surface area contributed by atoms with Gasteiger partial charge < -0.3 is 5.32 Å². The Kier molecular flexibility index (Phi) is 8.65. The number of nitrogens with one attached hydrogen (secondary N) is 1. The molecule has 2 aromatic rings. The van der Waals surface area contributed by atoms with Gasteiger partial charge in [0.25, 0.3) is 17.1 Å². The maximum atomic E-state index is 13.2. The molecular weight excluding hydrogens is 557 g/mol. The molecule has 37 heavy (non-hydrogen) atoms. The molecule has 8 nitrogen and oxygen atoms in total. The minimum absolute atomic E-state index is 0.00933. The van der Waals surface area contributed by atoms with E-state index in [1.54, 1.807) is 30.3 Å². The van der Waals surface area contributed by atoms with Gasteiger partial charge in [0.1, 0.15) is 4.90 Å². The number of hydrogen-bond donors (Lipinski definition) is 1. The van der Waals surface area contributed by atoms with Gasteiger partial charge >= 0.3 is 0 Å². The van der Waals surface area contributed by atoms with E-state index in [0.29, 0.717) is 23.7 Å². The van der Waals surface area contributed by atoms with Crippen molar-refractivity contribution >= 4 is 68.1 Å². The van der Waals surface area contributed by atoms with Gasteiger partial charge in [-0.3, -0.25) is 19.3 Å². The fourth-order valence-electron chi connectivity index (χ4n) is 4.16. The van der Waals surface area contributed by atoms with Gasteiger partial charge in [0.15, 0.2) is 0 Å². The molecule has 4 rings (SSSR count). The summed E-state index contributed by atoms with van der Waals surface area (Å²) < 4.78 is 27.8. The van der Waals surface area contributed by atoms with Gasteiger partial charge in [0, 0.05) is 36.8 Å². The predicted molar refractivity (Wildman–Crippen MR) is 145 cm³/mol. The molecule has 0 aliphatic carbocycles. The zero-order valence-electron chi connectivity index (χ0n) is 19.9. The summed E-state index contributed by atoms with van der Waals surface area (Å²) in [6, 6.07) is 11.0. The summed E-state index contributed by atoms with van der Waals surface area (Å²) in [5.41, 5.74) is 0.733. The molecule has 0 radical (unpaired) electrons. The number of carbonyl (C=O) groups excluding carboxylic acids is 3. The summed E-state index contributed by atoms with van der Waals surface area (Å²) in [6.07, 6.45) is 3.28. The van der Waals surface area contributed by atoms with Gasteiger partial charge in [-0.15, -0.1) is 0 Å². The van der Waals surface area contributed by atoms with E-state index in [1.807, 2.05) is 6.92 Å². The van der Waals surface area contributed by atoms with E-state index in [1.165, 1.54) is 22.5 Å². The predicted octanol–water partition coefficient (Wildman–Crippen LogP) is 4.88. The van der Waals surface area contributed by atoms with Crippen molar-refractivity contribution in [1.29, 1.82) is 0 Å². The first-order valence-corrected chi connectivity index (χ1v) is 14.7. The van der Waals surface area contributed by atoms with Crippen molar-refractivity contribution in [3.05, 3.63) is 68.5 Å². The van der Waals surface area contributed by atoms with Crippen LogP contribution in [0.2, 0.25) is 10.0 Å². The topological polar surface area (TPSA) is 104 Å². The third-order valence-electron chi connectivity index (χ3n) is 6.12. The summed E-state index contributed by atoms with van der Waals surface area (Å²) in [7, 11) is -3.86. The summed E-state index contributed by atoms with van der Waals surface area (Å²) in [6.45, 7) is 2.75. The van der Waals surface area contributed by atoms with Gasteiger partial charge in [-0.1, -0.05) is 48.3 Å². The van der Waals surface area contributed by atoms with E-state index >= 15 is 0 Å². The van der Waals surface area contributed by atoms with Crippen LogP contribution >= 0.6 is 35.0 Å². The fraction of sp³-hybridized carbons (Fsp3) is 0.320. The summed E-state index contributed by atoms with van der Waals surface area (Å²) in [5.74, 6) is -0.776. The molecule has 2 heterocycles. The van der Waals surface area contributed by atoms with Crippen LogP contribution in [0.3, 0.4) is 0 Å². The van der Waals surface area contributed by atoms with E-state index in [0.717, 1.165) is 29.5 Å². The fourth-order valence-corrected chi connectivity index (χ4v) is 7.30. The first-order chi connectivity index (χ1) is 17.6. The molecule has 12 heteroatoms. The molecule has 2 aliphatic rings. The van der Waals surface area contributed by atoms with Crippen LogP contribution < -0.4 is 5.32 Å². The Morgan fingerprint density at radius 3 is 2.65 bits per heavy atom. The average molecular weight is 583 g/mol. The minimum Gasteiger partial charge on any atom is -0.350 e. The van der Waals surface area contributed by atoms with Gasteiger partial charge in [0.2, 0.25) is 10.0 Å². The van der Waals surface area contributed by atoms with Gasteiger partial charge in [-0.25, -0.2) is 8.42 Å². The van der Waals surface area contributed by atoms with Gasteiger partial charge in [0.05, 0.1) is 9.93 Å². The molecule has 2 aromatic carbocycles. The second-order valence-electron chi connectivity index (χ2n) is 8.87. The smallest absolute Gasteiger partial charge is 0.293 e.